The lowest BCUT2D eigenvalue weighted by molar-refractivity contribution is -0.140. The van der Waals surface area contributed by atoms with Crippen LogP contribution >= 0.6 is 0 Å². The molecule has 1 saturated heterocycles. The number of nitrogens with one attached hydrogen (secondary N) is 1. The summed E-state index contributed by atoms with van der Waals surface area (Å²) in [4.78, 5) is 18.2. The van der Waals surface area contributed by atoms with Gasteiger partial charge in [-0.3, -0.25) is 9.48 Å². The number of alkyl halides is 5. The van der Waals surface area contributed by atoms with E-state index in [0.717, 1.165) is 17.1 Å². The lowest BCUT2D eigenvalue weighted by Gasteiger charge is -2.36. The second-order valence-electron chi connectivity index (χ2n) is 7.33. The van der Waals surface area contributed by atoms with Gasteiger partial charge in [-0.25, -0.2) is 18.3 Å². The summed E-state index contributed by atoms with van der Waals surface area (Å²) in [6, 6.07) is 0.680. The molecule has 0 spiro atoms. The van der Waals surface area contributed by atoms with E-state index in [4.69, 9.17) is 5.73 Å². The first kappa shape index (κ1) is 21.0. The van der Waals surface area contributed by atoms with Crippen molar-refractivity contribution in [3.05, 3.63) is 35.9 Å². The normalized spacial score (nSPS) is 19.1. The van der Waals surface area contributed by atoms with Gasteiger partial charge in [0, 0.05) is 38.4 Å². The molecule has 3 aromatic heterocycles. The molecule has 166 valence electrons. The average Bonchev–Trinajstić information content (AvgIpc) is 3.22. The van der Waals surface area contributed by atoms with E-state index >= 15 is 0 Å². The zero-order valence-corrected chi connectivity index (χ0v) is 16.1. The summed E-state index contributed by atoms with van der Waals surface area (Å²) in [7, 11) is 1.28. The number of hydrogen-bond acceptors (Lipinski definition) is 6. The number of anilines is 2. The minimum Gasteiger partial charge on any atom is -0.349 e. The van der Waals surface area contributed by atoms with E-state index < -0.39 is 48.4 Å². The predicted octanol–water partition coefficient (Wildman–Crippen LogP) is 1.91. The van der Waals surface area contributed by atoms with Crippen LogP contribution in [-0.4, -0.2) is 55.3 Å². The molecule has 14 heteroatoms. The number of carbonyl (C=O) groups excluding carboxylic acids is 1. The fourth-order valence-corrected chi connectivity index (χ4v) is 3.49. The molecule has 9 nitrogen and oxygen atoms in total. The average molecular weight is 444 g/mol. The van der Waals surface area contributed by atoms with Crippen molar-refractivity contribution in [2.24, 2.45) is 12.8 Å². The molecule has 0 saturated carbocycles. The van der Waals surface area contributed by atoms with E-state index in [1.807, 2.05) is 0 Å². The van der Waals surface area contributed by atoms with Crippen LogP contribution in [-0.2, 0) is 13.2 Å². The highest BCUT2D eigenvalue weighted by atomic mass is 19.4. The van der Waals surface area contributed by atoms with Gasteiger partial charge in [0.15, 0.2) is 11.3 Å². The maximum absolute atomic E-state index is 13.9. The molecule has 0 unspecified atom stereocenters. The van der Waals surface area contributed by atoms with Crippen molar-refractivity contribution >= 4 is 23.1 Å². The van der Waals surface area contributed by atoms with Gasteiger partial charge < -0.3 is 16.0 Å². The van der Waals surface area contributed by atoms with Gasteiger partial charge in [-0.05, 0) is 6.07 Å². The first-order valence-electron chi connectivity index (χ1n) is 9.08. The molecule has 1 fully saturated rings. The van der Waals surface area contributed by atoms with E-state index in [2.05, 4.69) is 20.5 Å². The van der Waals surface area contributed by atoms with E-state index in [-0.39, 0.29) is 23.6 Å². The number of piperidine rings is 1. The third-order valence-corrected chi connectivity index (χ3v) is 4.71. The van der Waals surface area contributed by atoms with Gasteiger partial charge in [-0.15, -0.1) is 0 Å². The summed E-state index contributed by atoms with van der Waals surface area (Å²) >= 11 is 0. The van der Waals surface area contributed by atoms with Crippen molar-refractivity contribution in [2.75, 3.05) is 23.3 Å². The van der Waals surface area contributed by atoms with Crippen molar-refractivity contribution in [3.63, 3.8) is 0 Å². The first-order chi connectivity index (χ1) is 14.4. The maximum Gasteiger partial charge on any atom is 0.437 e. The Kier molecular flexibility index (Phi) is 4.83. The van der Waals surface area contributed by atoms with Gasteiger partial charge >= 0.3 is 6.18 Å². The number of fused-ring (bicyclic) bond motifs is 1. The first-order valence-corrected chi connectivity index (χ1v) is 9.08. The standard InChI is InChI=1S/C17H17F5N8O/c1-28-7-11(13(27-28)17(20,21)22)25-15(31)10-5-24-30-3-2-12(26-14(10)30)29-6-9(23)4-16(18,19)8-29/h2-3,5,7,9H,4,6,8,23H2,1H3,(H,25,31)/t9-/m0/s1. The number of aryl methyl sites for hydroxylation is 1. The monoisotopic (exact) mass is 444 g/mol. The molecule has 1 atom stereocenters. The molecule has 1 aliphatic rings. The largest absolute Gasteiger partial charge is 0.437 e. The summed E-state index contributed by atoms with van der Waals surface area (Å²) in [5.41, 5.74) is 3.80. The summed E-state index contributed by atoms with van der Waals surface area (Å²) < 4.78 is 69.3. The van der Waals surface area contributed by atoms with Crippen molar-refractivity contribution in [1.82, 2.24) is 24.4 Å². The molecule has 31 heavy (non-hydrogen) atoms. The number of halogens is 5. The molecule has 1 aliphatic heterocycles. The van der Waals surface area contributed by atoms with Gasteiger partial charge in [-0.2, -0.15) is 23.4 Å². The van der Waals surface area contributed by atoms with Gasteiger partial charge in [0.1, 0.15) is 11.4 Å². The Morgan fingerprint density at radius 2 is 2.10 bits per heavy atom. The molecule has 3 N–H and O–H groups in total. The van der Waals surface area contributed by atoms with Gasteiger partial charge in [0.2, 0.25) is 0 Å². The maximum atomic E-state index is 13.9. The molecule has 0 aliphatic carbocycles. The minimum atomic E-state index is -4.77. The van der Waals surface area contributed by atoms with Crippen LogP contribution in [0.1, 0.15) is 22.5 Å². The van der Waals surface area contributed by atoms with Crippen molar-refractivity contribution < 1.29 is 26.7 Å². The highest BCUT2D eigenvalue weighted by molar-refractivity contribution is 6.08. The lowest BCUT2D eigenvalue weighted by Crippen LogP contribution is -2.52. The van der Waals surface area contributed by atoms with E-state index in [0.29, 0.717) is 0 Å². The van der Waals surface area contributed by atoms with Gasteiger partial charge in [0.25, 0.3) is 11.8 Å². The Balaban J connectivity index is 1.65. The zero-order chi connectivity index (χ0) is 22.6. The highest BCUT2D eigenvalue weighted by Gasteiger charge is 2.40. The van der Waals surface area contributed by atoms with Crippen LogP contribution < -0.4 is 16.0 Å². The number of aromatic nitrogens is 5. The van der Waals surface area contributed by atoms with Crippen LogP contribution in [0.4, 0.5) is 33.5 Å². The topological polar surface area (TPSA) is 106 Å². The van der Waals surface area contributed by atoms with Crippen LogP contribution in [0, 0.1) is 0 Å². The molecule has 4 heterocycles. The number of nitrogens with zero attached hydrogens (tertiary/aromatic N) is 6. The SMILES string of the molecule is Cn1cc(NC(=O)c2cnn3ccc(N4C[C@@H](N)CC(F)(F)C4)nc23)c(C(F)(F)F)n1. The van der Waals surface area contributed by atoms with E-state index in [9.17, 15) is 26.7 Å². The van der Waals surface area contributed by atoms with Crippen LogP contribution in [0.2, 0.25) is 0 Å². The van der Waals surface area contributed by atoms with Crippen LogP contribution in [0.15, 0.2) is 24.7 Å². The van der Waals surface area contributed by atoms with Crippen molar-refractivity contribution in [2.45, 2.75) is 24.6 Å². The molecular formula is C17H17F5N8O. The van der Waals surface area contributed by atoms with Crippen molar-refractivity contribution in [1.29, 1.82) is 0 Å². The Bertz CT molecular complexity index is 1140. The van der Waals surface area contributed by atoms with Crippen molar-refractivity contribution in [3.8, 4) is 0 Å². The highest BCUT2D eigenvalue weighted by Crippen LogP contribution is 2.34. The number of rotatable bonds is 3. The Morgan fingerprint density at radius 1 is 1.35 bits per heavy atom. The second-order valence-corrected chi connectivity index (χ2v) is 7.33. The quantitative estimate of drug-likeness (QED) is 0.598. The lowest BCUT2D eigenvalue weighted by atomic mass is 10.0. The molecule has 0 radical (unpaired) electrons. The molecule has 0 bridgehead atoms. The van der Waals surface area contributed by atoms with Crippen LogP contribution in [0.25, 0.3) is 5.65 Å². The number of nitrogens with two attached hydrogens (primary N) is 1. The number of amides is 1. The van der Waals surface area contributed by atoms with Gasteiger partial charge in [-0.1, -0.05) is 0 Å². The molecule has 3 aromatic rings. The Hall–Kier alpha value is -3.29. The molecule has 0 aromatic carbocycles. The molecular weight excluding hydrogens is 427 g/mol. The van der Waals surface area contributed by atoms with E-state index in [1.54, 1.807) is 0 Å². The summed E-state index contributed by atoms with van der Waals surface area (Å²) in [5, 5.41) is 9.43. The predicted molar refractivity (Wildman–Crippen MR) is 98.9 cm³/mol. The zero-order valence-electron chi connectivity index (χ0n) is 16.1. The fraction of sp³-hybridized carbons (Fsp3) is 0.412. The smallest absolute Gasteiger partial charge is 0.349 e. The summed E-state index contributed by atoms with van der Waals surface area (Å²) in [6.45, 7) is -0.455. The Morgan fingerprint density at radius 3 is 2.77 bits per heavy atom. The number of carbonyl (C=O) groups is 1. The van der Waals surface area contributed by atoms with E-state index in [1.165, 1.54) is 28.7 Å². The molecule has 4 rings (SSSR count). The third-order valence-electron chi connectivity index (χ3n) is 4.71. The third kappa shape index (κ3) is 4.15. The fourth-order valence-electron chi connectivity index (χ4n) is 3.49. The van der Waals surface area contributed by atoms with Gasteiger partial charge in [0.05, 0.1) is 18.4 Å². The van der Waals surface area contributed by atoms with Crippen LogP contribution in [0.5, 0.6) is 0 Å². The number of hydrogen-bond donors (Lipinski definition) is 2. The Labute approximate surface area is 171 Å². The molecule has 1 amide bonds. The summed E-state index contributed by atoms with van der Waals surface area (Å²) in [6.07, 6.45) is -1.66. The van der Waals surface area contributed by atoms with Crippen LogP contribution in [0.3, 0.4) is 0 Å². The second kappa shape index (κ2) is 7.14. The minimum absolute atomic E-state index is 0.00471. The summed E-state index contributed by atoms with van der Waals surface area (Å²) in [5.74, 6) is -3.76.